The molecular weight excluding hydrogens is 236 g/mol. The van der Waals surface area contributed by atoms with Gasteiger partial charge in [-0.15, -0.1) is 0 Å². The van der Waals surface area contributed by atoms with E-state index in [0.29, 0.717) is 12.0 Å². The molecule has 1 N–H and O–H groups in total. The summed E-state index contributed by atoms with van der Waals surface area (Å²) >= 11 is 0. The molecule has 19 heavy (non-hydrogen) atoms. The Morgan fingerprint density at radius 2 is 1.47 bits per heavy atom. The van der Waals surface area contributed by atoms with Gasteiger partial charge in [0.15, 0.2) is 0 Å². The third-order valence-corrected chi connectivity index (χ3v) is 3.14. The van der Waals surface area contributed by atoms with E-state index >= 15 is 0 Å². The first-order valence-corrected chi connectivity index (χ1v) is 6.21. The summed E-state index contributed by atoms with van der Waals surface area (Å²) in [5, 5.41) is 9.41. The fraction of sp³-hybridized carbons (Fsp3) is 0.118. The SMILES string of the molecule is CC(=C(Cc1ccccc1)C(=O)O)c1ccccc1. The summed E-state index contributed by atoms with van der Waals surface area (Å²) in [4.78, 5) is 11.5. The van der Waals surface area contributed by atoms with Crippen molar-refractivity contribution in [2.45, 2.75) is 13.3 Å². The highest BCUT2D eigenvalue weighted by Gasteiger charge is 2.13. The van der Waals surface area contributed by atoms with Crippen LogP contribution in [0.25, 0.3) is 5.57 Å². The second-order valence-electron chi connectivity index (χ2n) is 4.44. The molecule has 0 unspecified atom stereocenters. The summed E-state index contributed by atoms with van der Waals surface area (Å²) in [6, 6.07) is 19.3. The van der Waals surface area contributed by atoms with E-state index in [4.69, 9.17) is 0 Å². The number of benzene rings is 2. The molecule has 2 aromatic rings. The van der Waals surface area contributed by atoms with Crippen molar-refractivity contribution in [3.8, 4) is 0 Å². The minimum absolute atomic E-state index is 0.441. The minimum Gasteiger partial charge on any atom is -0.478 e. The number of rotatable bonds is 4. The van der Waals surface area contributed by atoms with Crippen molar-refractivity contribution in [2.75, 3.05) is 0 Å². The Kier molecular flexibility index (Phi) is 4.14. The van der Waals surface area contributed by atoms with Crippen LogP contribution in [0.3, 0.4) is 0 Å². The average molecular weight is 252 g/mol. The molecule has 0 saturated carbocycles. The third kappa shape index (κ3) is 3.32. The van der Waals surface area contributed by atoms with E-state index in [9.17, 15) is 9.90 Å². The van der Waals surface area contributed by atoms with Gasteiger partial charge in [0.2, 0.25) is 0 Å². The van der Waals surface area contributed by atoms with Gasteiger partial charge < -0.3 is 5.11 Å². The number of carboxylic acid groups (broad SMARTS) is 1. The Bertz CT molecular complexity index is 583. The van der Waals surface area contributed by atoms with Gasteiger partial charge in [0.1, 0.15) is 0 Å². The van der Waals surface area contributed by atoms with Crippen LogP contribution >= 0.6 is 0 Å². The fourth-order valence-corrected chi connectivity index (χ4v) is 2.03. The Morgan fingerprint density at radius 1 is 0.947 bits per heavy atom. The molecule has 0 spiro atoms. The van der Waals surface area contributed by atoms with Gasteiger partial charge in [-0.2, -0.15) is 0 Å². The quantitative estimate of drug-likeness (QED) is 0.841. The normalized spacial score (nSPS) is 11.8. The van der Waals surface area contributed by atoms with Gasteiger partial charge in [-0.1, -0.05) is 60.7 Å². The van der Waals surface area contributed by atoms with Crippen molar-refractivity contribution in [3.63, 3.8) is 0 Å². The first-order valence-electron chi connectivity index (χ1n) is 6.21. The summed E-state index contributed by atoms with van der Waals surface area (Å²) < 4.78 is 0. The molecule has 0 amide bonds. The van der Waals surface area contributed by atoms with Crippen LogP contribution in [0.1, 0.15) is 18.1 Å². The van der Waals surface area contributed by atoms with Gasteiger partial charge >= 0.3 is 5.97 Å². The van der Waals surface area contributed by atoms with Gasteiger partial charge in [-0.25, -0.2) is 4.79 Å². The Hall–Kier alpha value is -2.35. The second-order valence-corrected chi connectivity index (χ2v) is 4.44. The lowest BCUT2D eigenvalue weighted by Gasteiger charge is -2.09. The van der Waals surface area contributed by atoms with Crippen LogP contribution in [0.5, 0.6) is 0 Å². The lowest BCUT2D eigenvalue weighted by Crippen LogP contribution is -2.06. The highest BCUT2D eigenvalue weighted by molar-refractivity contribution is 5.96. The van der Waals surface area contributed by atoms with Crippen LogP contribution in [0.2, 0.25) is 0 Å². The minimum atomic E-state index is -0.856. The standard InChI is InChI=1S/C17H16O2/c1-13(15-10-6-3-7-11-15)16(17(18)19)12-14-8-4-2-5-9-14/h2-11H,12H2,1H3,(H,18,19). The summed E-state index contributed by atoms with van der Waals surface area (Å²) in [5.41, 5.74) is 3.22. The van der Waals surface area contributed by atoms with E-state index < -0.39 is 5.97 Å². The largest absolute Gasteiger partial charge is 0.478 e. The van der Waals surface area contributed by atoms with Crippen LogP contribution in [0.15, 0.2) is 66.2 Å². The number of carbonyl (C=O) groups is 1. The van der Waals surface area contributed by atoms with Crippen molar-refractivity contribution in [1.82, 2.24) is 0 Å². The van der Waals surface area contributed by atoms with Crippen LogP contribution in [0, 0.1) is 0 Å². The molecule has 2 aromatic carbocycles. The molecule has 2 rings (SSSR count). The number of carboxylic acids is 1. The number of aliphatic carboxylic acids is 1. The van der Waals surface area contributed by atoms with Gasteiger partial charge in [-0.3, -0.25) is 0 Å². The topological polar surface area (TPSA) is 37.3 Å². The summed E-state index contributed by atoms with van der Waals surface area (Å²) in [5.74, 6) is -0.856. The molecule has 0 aliphatic carbocycles. The molecule has 96 valence electrons. The van der Waals surface area contributed by atoms with Crippen LogP contribution < -0.4 is 0 Å². The van der Waals surface area contributed by atoms with E-state index in [0.717, 1.165) is 16.7 Å². The molecule has 0 bridgehead atoms. The molecule has 0 radical (unpaired) electrons. The second kappa shape index (κ2) is 6.01. The molecule has 0 fully saturated rings. The van der Waals surface area contributed by atoms with Crippen molar-refractivity contribution in [1.29, 1.82) is 0 Å². The average Bonchev–Trinajstić information content (AvgIpc) is 2.46. The van der Waals surface area contributed by atoms with E-state index in [1.54, 1.807) is 0 Å². The highest BCUT2D eigenvalue weighted by Crippen LogP contribution is 2.21. The predicted molar refractivity (Wildman–Crippen MR) is 76.8 cm³/mol. The van der Waals surface area contributed by atoms with Crippen molar-refractivity contribution < 1.29 is 9.90 Å². The smallest absolute Gasteiger partial charge is 0.332 e. The molecule has 0 heterocycles. The van der Waals surface area contributed by atoms with Crippen molar-refractivity contribution >= 4 is 11.5 Å². The Balaban J connectivity index is 2.38. The van der Waals surface area contributed by atoms with Crippen LogP contribution in [0.4, 0.5) is 0 Å². The van der Waals surface area contributed by atoms with Crippen molar-refractivity contribution in [2.24, 2.45) is 0 Å². The fourth-order valence-electron chi connectivity index (χ4n) is 2.03. The lowest BCUT2D eigenvalue weighted by molar-refractivity contribution is -0.132. The van der Waals surface area contributed by atoms with Gasteiger partial charge in [-0.05, 0) is 23.6 Å². The maximum Gasteiger partial charge on any atom is 0.332 e. The van der Waals surface area contributed by atoms with E-state index in [-0.39, 0.29) is 0 Å². The Morgan fingerprint density at radius 3 is 2.00 bits per heavy atom. The Labute approximate surface area is 113 Å². The van der Waals surface area contributed by atoms with E-state index in [1.807, 2.05) is 67.6 Å². The molecule has 0 aromatic heterocycles. The van der Waals surface area contributed by atoms with Crippen LogP contribution in [-0.4, -0.2) is 11.1 Å². The molecule has 2 nitrogen and oxygen atoms in total. The molecule has 0 aliphatic heterocycles. The monoisotopic (exact) mass is 252 g/mol. The van der Waals surface area contributed by atoms with Crippen LogP contribution in [-0.2, 0) is 11.2 Å². The number of allylic oxidation sites excluding steroid dienone is 1. The third-order valence-electron chi connectivity index (χ3n) is 3.14. The summed E-state index contributed by atoms with van der Waals surface area (Å²) in [7, 11) is 0. The van der Waals surface area contributed by atoms with Gasteiger partial charge in [0.05, 0.1) is 0 Å². The maximum atomic E-state index is 11.5. The summed E-state index contributed by atoms with van der Waals surface area (Å²) in [6.45, 7) is 1.86. The summed E-state index contributed by atoms with van der Waals surface area (Å²) in [6.07, 6.45) is 0.441. The molecular formula is C17H16O2. The molecule has 2 heteroatoms. The van der Waals surface area contributed by atoms with Crippen molar-refractivity contribution in [3.05, 3.63) is 77.4 Å². The number of hydrogen-bond acceptors (Lipinski definition) is 1. The first kappa shape index (κ1) is 13.1. The predicted octanol–water partition coefficient (Wildman–Crippen LogP) is 3.79. The highest BCUT2D eigenvalue weighted by atomic mass is 16.4. The zero-order valence-electron chi connectivity index (χ0n) is 10.8. The lowest BCUT2D eigenvalue weighted by atomic mass is 9.96. The molecule has 0 saturated heterocycles. The van der Waals surface area contributed by atoms with Gasteiger partial charge in [0, 0.05) is 12.0 Å². The van der Waals surface area contributed by atoms with E-state index in [1.165, 1.54) is 0 Å². The first-order chi connectivity index (χ1) is 9.18. The number of hydrogen-bond donors (Lipinski definition) is 1. The van der Waals surface area contributed by atoms with Gasteiger partial charge in [0.25, 0.3) is 0 Å². The maximum absolute atomic E-state index is 11.5. The zero-order valence-corrected chi connectivity index (χ0v) is 10.8. The van der Waals surface area contributed by atoms with E-state index in [2.05, 4.69) is 0 Å². The molecule has 0 atom stereocenters. The molecule has 0 aliphatic rings. The zero-order chi connectivity index (χ0) is 13.7.